The highest BCUT2D eigenvalue weighted by Crippen LogP contribution is 2.69. The van der Waals surface area contributed by atoms with Crippen LogP contribution in [0.1, 0.15) is 61.4 Å². The van der Waals surface area contributed by atoms with Gasteiger partial charge < -0.3 is 15.2 Å². The van der Waals surface area contributed by atoms with Gasteiger partial charge in [-0.15, -0.1) is 10.2 Å². The van der Waals surface area contributed by atoms with Crippen molar-refractivity contribution < 1.29 is 18.0 Å². The predicted octanol–water partition coefficient (Wildman–Crippen LogP) is 4.02. The van der Waals surface area contributed by atoms with Gasteiger partial charge in [-0.25, -0.2) is 0 Å². The molecule has 34 heavy (non-hydrogen) atoms. The quantitative estimate of drug-likeness (QED) is 0.450. The normalized spacial score (nSPS) is 28.9. The Kier molecular flexibility index (Phi) is 6.16. The van der Waals surface area contributed by atoms with E-state index in [2.05, 4.69) is 20.8 Å². The van der Waals surface area contributed by atoms with E-state index in [9.17, 15) is 18.0 Å². The first kappa shape index (κ1) is 23.7. The molecule has 2 aromatic rings. The Morgan fingerprint density at radius 2 is 2.03 bits per heavy atom. The molecule has 1 spiro atoms. The maximum atomic E-state index is 13.1. The van der Waals surface area contributed by atoms with Crippen molar-refractivity contribution in [2.45, 2.75) is 61.2 Å². The van der Waals surface area contributed by atoms with Gasteiger partial charge in [-0.1, -0.05) is 23.9 Å². The molecule has 6 nitrogen and oxygen atoms in total. The lowest BCUT2D eigenvalue weighted by atomic mass is 9.81. The van der Waals surface area contributed by atoms with Crippen molar-refractivity contribution in [3.63, 3.8) is 0 Å². The topological polar surface area (TPSA) is 71.8 Å². The summed E-state index contributed by atoms with van der Waals surface area (Å²) >= 11 is 1.67. The highest BCUT2D eigenvalue weighted by molar-refractivity contribution is 7.99. The Labute approximate surface area is 201 Å². The summed E-state index contributed by atoms with van der Waals surface area (Å²) in [6.45, 7) is 2.51. The molecule has 1 aromatic carbocycles. The number of carbonyl (C=O) groups excluding carboxylic acids is 1. The number of rotatable bonds is 7. The fraction of sp³-hybridized carbons (Fsp3) is 0.625. The Bertz CT molecular complexity index is 1040. The number of nitrogens with zero attached hydrogens (tertiary/aromatic N) is 3. The summed E-state index contributed by atoms with van der Waals surface area (Å²) in [6, 6.07) is 5.85. The number of hydrogen-bond donors (Lipinski definition) is 2. The van der Waals surface area contributed by atoms with Crippen molar-refractivity contribution >= 4 is 17.7 Å². The van der Waals surface area contributed by atoms with Crippen LogP contribution in [0, 0.1) is 5.41 Å². The highest BCUT2D eigenvalue weighted by Gasteiger charge is 2.67. The number of thioether (sulfide) groups is 1. The van der Waals surface area contributed by atoms with E-state index in [4.69, 9.17) is 0 Å². The summed E-state index contributed by atoms with van der Waals surface area (Å²) in [5, 5.41) is 16.0. The minimum Gasteiger partial charge on any atom is -0.355 e. The molecule has 3 atom stereocenters. The molecule has 3 heterocycles. The van der Waals surface area contributed by atoms with E-state index in [1.165, 1.54) is 12.1 Å². The Balaban J connectivity index is 1.22. The number of piperidine rings is 1. The molecule has 2 N–H and O–H groups in total. The first-order valence-electron chi connectivity index (χ1n) is 11.9. The summed E-state index contributed by atoms with van der Waals surface area (Å²) in [5.41, 5.74) is 0.569. The number of aromatic nitrogens is 3. The fourth-order valence-corrected chi connectivity index (χ4v) is 6.88. The van der Waals surface area contributed by atoms with Crippen LogP contribution in [0.3, 0.4) is 0 Å². The third-order valence-electron chi connectivity index (χ3n) is 8.02. The van der Waals surface area contributed by atoms with Crippen molar-refractivity contribution in [3.05, 3.63) is 41.2 Å². The molecule has 2 saturated heterocycles. The maximum absolute atomic E-state index is 13.1. The monoisotopic (exact) mass is 493 g/mol. The van der Waals surface area contributed by atoms with Crippen LogP contribution in [0.5, 0.6) is 0 Å². The number of carbonyl (C=O) groups is 1. The molecule has 2 aliphatic heterocycles. The lowest BCUT2D eigenvalue weighted by Gasteiger charge is -2.23. The van der Waals surface area contributed by atoms with E-state index in [1.807, 2.05) is 11.6 Å². The fourth-order valence-electron chi connectivity index (χ4n) is 6.02. The van der Waals surface area contributed by atoms with Crippen LogP contribution in [0.2, 0.25) is 0 Å². The third-order valence-corrected chi connectivity index (χ3v) is 9.12. The van der Waals surface area contributed by atoms with E-state index >= 15 is 0 Å². The summed E-state index contributed by atoms with van der Waals surface area (Å²) < 4.78 is 41.2. The minimum atomic E-state index is -4.31. The summed E-state index contributed by atoms with van der Waals surface area (Å²) in [6.07, 6.45) is 1.01. The van der Waals surface area contributed by atoms with Gasteiger partial charge in [0.05, 0.1) is 5.56 Å². The van der Waals surface area contributed by atoms with Crippen molar-refractivity contribution in [2.24, 2.45) is 12.5 Å². The van der Waals surface area contributed by atoms with Gasteiger partial charge >= 0.3 is 6.18 Å². The highest BCUT2D eigenvalue weighted by atomic mass is 32.2. The van der Waals surface area contributed by atoms with Crippen LogP contribution in [0.25, 0.3) is 0 Å². The standard InChI is InChI=1S/C24H30F3N5OS/c1-32-20(16-3-8-19(33)29-13-16)30-31-21(32)34-12-2-9-23(14-22(23)10-11-28-15-22)17-4-6-18(7-5-17)24(25,26)27/h4-7,16,28H,2-3,8-15H2,1H3,(H,29,33)/t16?,22-,23+/m0/s1. The zero-order valence-electron chi connectivity index (χ0n) is 19.2. The van der Waals surface area contributed by atoms with Gasteiger partial charge in [-0.05, 0) is 61.8 Å². The second kappa shape index (κ2) is 8.86. The molecule has 1 aromatic heterocycles. The zero-order chi connectivity index (χ0) is 24.0. The molecule has 1 aliphatic carbocycles. The number of hydrogen-bond acceptors (Lipinski definition) is 5. The Morgan fingerprint density at radius 3 is 2.68 bits per heavy atom. The van der Waals surface area contributed by atoms with Gasteiger partial charge in [0.2, 0.25) is 5.91 Å². The van der Waals surface area contributed by atoms with E-state index in [0.29, 0.717) is 13.0 Å². The first-order valence-corrected chi connectivity index (χ1v) is 12.9. The molecule has 184 valence electrons. The number of halogens is 3. The van der Waals surface area contributed by atoms with Crippen molar-refractivity contribution in [1.82, 2.24) is 25.4 Å². The molecule has 5 rings (SSSR count). The van der Waals surface area contributed by atoms with Gasteiger partial charge in [0, 0.05) is 43.6 Å². The van der Waals surface area contributed by atoms with Crippen molar-refractivity contribution in [1.29, 1.82) is 0 Å². The average Bonchev–Trinajstić information content (AvgIpc) is 3.06. The first-order chi connectivity index (χ1) is 16.2. The maximum Gasteiger partial charge on any atom is 0.416 e. The number of nitrogens with one attached hydrogen (secondary N) is 2. The molecule has 1 unspecified atom stereocenters. The van der Waals surface area contributed by atoms with E-state index in [-0.39, 0.29) is 22.7 Å². The number of alkyl halides is 3. The number of amides is 1. The summed E-state index contributed by atoms with van der Waals surface area (Å²) in [4.78, 5) is 11.4. The van der Waals surface area contributed by atoms with Crippen LogP contribution in [0.15, 0.2) is 29.4 Å². The molecule has 0 radical (unpaired) electrons. The Hall–Kier alpha value is -2.07. The van der Waals surface area contributed by atoms with Crippen molar-refractivity contribution in [2.75, 3.05) is 25.4 Å². The molecule has 3 aliphatic rings. The van der Waals surface area contributed by atoms with Crippen LogP contribution < -0.4 is 10.6 Å². The zero-order valence-corrected chi connectivity index (χ0v) is 20.1. The molecular formula is C24H30F3N5OS. The minimum absolute atomic E-state index is 0.0491. The van der Waals surface area contributed by atoms with E-state index in [1.54, 1.807) is 23.9 Å². The predicted molar refractivity (Wildman–Crippen MR) is 124 cm³/mol. The largest absolute Gasteiger partial charge is 0.416 e. The van der Waals surface area contributed by atoms with Crippen LogP contribution in [-0.4, -0.2) is 46.1 Å². The van der Waals surface area contributed by atoms with Crippen LogP contribution in [-0.2, 0) is 23.4 Å². The molecule has 0 bridgehead atoms. The number of benzene rings is 1. The van der Waals surface area contributed by atoms with Crippen LogP contribution in [0.4, 0.5) is 13.2 Å². The summed E-state index contributed by atoms with van der Waals surface area (Å²) in [7, 11) is 1.97. The van der Waals surface area contributed by atoms with Crippen LogP contribution >= 0.6 is 11.8 Å². The smallest absolute Gasteiger partial charge is 0.355 e. The average molecular weight is 494 g/mol. The SMILES string of the molecule is Cn1c(SCCC[C@]2(c3ccc(C(F)(F)F)cc3)C[C@]23CCNC3)nnc1C1CCC(=O)NC1. The van der Waals surface area contributed by atoms with Gasteiger partial charge in [0.15, 0.2) is 5.16 Å². The molecule has 10 heteroatoms. The Morgan fingerprint density at radius 1 is 1.24 bits per heavy atom. The van der Waals surface area contributed by atoms with E-state index in [0.717, 1.165) is 67.5 Å². The van der Waals surface area contributed by atoms with Gasteiger partial charge in [0.25, 0.3) is 0 Å². The second-order valence-corrected chi connectivity index (χ2v) is 11.0. The van der Waals surface area contributed by atoms with E-state index < -0.39 is 11.7 Å². The molecule has 3 fully saturated rings. The third kappa shape index (κ3) is 4.23. The van der Waals surface area contributed by atoms with Crippen molar-refractivity contribution in [3.8, 4) is 0 Å². The molecule has 1 saturated carbocycles. The van der Waals surface area contributed by atoms with Gasteiger partial charge in [-0.2, -0.15) is 13.2 Å². The van der Waals surface area contributed by atoms with Gasteiger partial charge in [-0.3, -0.25) is 4.79 Å². The molecule has 1 amide bonds. The lowest BCUT2D eigenvalue weighted by Crippen LogP contribution is -2.34. The second-order valence-electron chi connectivity index (χ2n) is 9.93. The molecular weight excluding hydrogens is 463 g/mol. The van der Waals surface area contributed by atoms with Gasteiger partial charge in [0.1, 0.15) is 5.82 Å². The summed E-state index contributed by atoms with van der Waals surface area (Å²) in [5.74, 6) is 2.06. The lowest BCUT2D eigenvalue weighted by molar-refractivity contribution is -0.137.